The number of hydrogen-bond donors (Lipinski definition) is 2. The van der Waals surface area contributed by atoms with Gasteiger partial charge in [-0.15, -0.1) is 0 Å². The molecule has 4 heterocycles. The number of hydrogen-bond acceptors (Lipinski definition) is 10. The fraction of sp³-hybridized carbons (Fsp3) is 0.242. The van der Waals surface area contributed by atoms with Crippen molar-refractivity contribution >= 4 is 23.2 Å². The van der Waals surface area contributed by atoms with Gasteiger partial charge in [-0.05, 0) is 67.4 Å². The molecule has 2 aromatic carbocycles. The highest BCUT2D eigenvalue weighted by Crippen LogP contribution is 2.25. The molecule has 0 atom stereocenters. The quantitative estimate of drug-likeness (QED) is 0.238. The average Bonchev–Trinajstić information content (AvgIpc) is 3.43. The standard InChI is InChI=1S/C33H33N7O4/c1-22-5-10-27(18-29(22)38-32-35-13-11-28(37-32)26-4-3-12-34-19-26)36-31(41)25-8-6-24(7-9-25)20-39-14-16-40(17-15-39)21-30-23(2)43-33(42)44-30/h3-13,18-19H,14-17,20-21H2,1-2H3,(H,36,41)(H,35,37,38)/i14D2,15D2,16D2,17D2. The Morgan fingerprint density at radius 2 is 1.73 bits per heavy atom. The lowest BCUT2D eigenvalue weighted by Gasteiger charge is -2.34. The fourth-order valence-electron chi connectivity index (χ4n) is 4.31. The first-order valence-electron chi connectivity index (χ1n) is 17.6. The molecular formula is C33H33N7O4. The topological polar surface area (TPSA) is 130 Å². The van der Waals surface area contributed by atoms with Gasteiger partial charge >= 0.3 is 5.82 Å². The molecule has 1 fully saturated rings. The van der Waals surface area contributed by atoms with Crippen LogP contribution in [0.15, 0.2) is 92.9 Å². The summed E-state index contributed by atoms with van der Waals surface area (Å²) in [4.78, 5) is 38.6. The van der Waals surface area contributed by atoms with Crippen LogP contribution in [0.5, 0.6) is 0 Å². The number of aromatic nitrogens is 3. The van der Waals surface area contributed by atoms with Crippen LogP contribution in [0, 0.1) is 13.8 Å². The molecule has 1 amide bonds. The summed E-state index contributed by atoms with van der Waals surface area (Å²) in [6.45, 7) is -10.5. The smallest absolute Gasteiger partial charge is 0.396 e. The number of carbonyl (C=O) groups excluding carboxylic acids is 1. The second kappa shape index (κ2) is 13.0. The van der Waals surface area contributed by atoms with Gasteiger partial charge in [0.2, 0.25) is 5.95 Å². The molecule has 1 saturated heterocycles. The number of carbonyl (C=O) groups is 1. The maximum atomic E-state index is 13.2. The summed E-state index contributed by atoms with van der Waals surface area (Å²) in [6.07, 6.45) is 5.00. The third kappa shape index (κ3) is 7.08. The van der Waals surface area contributed by atoms with Crippen LogP contribution in [0.1, 0.15) is 44.0 Å². The van der Waals surface area contributed by atoms with E-state index in [0.29, 0.717) is 32.8 Å². The SMILES string of the molecule is [2H]C1([2H])N(Cc2ccc(C(=O)Nc3ccc(C)c(Nc4nccc(-c5cccnc5)n4)c3)cc2)C([2H])([2H])C([2H])([2H])N(Cc2oc(=O)oc2C)C1([2H])[2H]. The lowest BCUT2D eigenvalue weighted by molar-refractivity contribution is 0.102. The predicted molar refractivity (Wildman–Crippen MR) is 167 cm³/mol. The summed E-state index contributed by atoms with van der Waals surface area (Å²) < 4.78 is 78.9. The van der Waals surface area contributed by atoms with E-state index in [4.69, 9.17) is 19.8 Å². The molecule has 6 rings (SSSR count). The van der Waals surface area contributed by atoms with Crippen molar-refractivity contribution in [2.24, 2.45) is 0 Å². The highest BCUT2D eigenvalue weighted by Gasteiger charge is 2.20. The molecule has 0 aliphatic carbocycles. The minimum atomic E-state index is -3.12. The molecular weight excluding hydrogens is 558 g/mol. The molecule has 44 heavy (non-hydrogen) atoms. The van der Waals surface area contributed by atoms with Crippen LogP contribution in [-0.4, -0.2) is 56.6 Å². The minimum Gasteiger partial charge on any atom is -0.396 e. The third-order valence-electron chi connectivity index (χ3n) is 6.69. The van der Waals surface area contributed by atoms with Gasteiger partial charge in [0.1, 0.15) is 5.76 Å². The van der Waals surface area contributed by atoms with Gasteiger partial charge in [0, 0.05) is 84.6 Å². The molecule has 0 bridgehead atoms. The number of aryl methyl sites for hydroxylation is 2. The van der Waals surface area contributed by atoms with Crippen molar-refractivity contribution < 1.29 is 24.6 Å². The first kappa shape index (κ1) is 20.7. The zero-order valence-electron chi connectivity index (χ0n) is 31.8. The Balaban J connectivity index is 1.17. The van der Waals surface area contributed by atoms with Crippen LogP contribution in [-0.2, 0) is 13.1 Å². The normalized spacial score (nSPS) is 21.2. The molecule has 224 valence electrons. The van der Waals surface area contributed by atoms with Crippen molar-refractivity contribution in [1.82, 2.24) is 24.8 Å². The van der Waals surface area contributed by atoms with Crippen molar-refractivity contribution in [2.45, 2.75) is 26.9 Å². The van der Waals surface area contributed by atoms with Crippen LogP contribution in [0.4, 0.5) is 17.3 Å². The van der Waals surface area contributed by atoms with Crippen LogP contribution < -0.4 is 16.5 Å². The van der Waals surface area contributed by atoms with Gasteiger partial charge in [-0.25, -0.2) is 14.8 Å². The number of rotatable bonds is 9. The van der Waals surface area contributed by atoms with Gasteiger partial charge in [-0.3, -0.25) is 19.6 Å². The number of anilines is 3. The molecule has 1 aliphatic rings. The number of nitrogens with zero attached hydrogens (tertiary/aromatic N) is 5. The van der Waals surface area contributed by atoms with E-state index in [1.807, 2.05) is 25.1 Å². The van der Waals surface area contributed by atoms with E-state index in [-0.39, 0.29) is 22.6 Å². The third-order valence-corrected chi connectivity index (χ3v) is 6.69. The van der Waals surface area contributed by atoms with E-state index >= 15 is 0 Å². The summed E-state index contributed by atoms with van der Waals surface area (Å²) in [5, 5.41) is 6.02. The molecule has 5 aromatic rings. The molecule has 0 unspecified atom stereocenters. The van der Waals surface area contributed by atoms with Gasteiger partial charge in [0.05, 0.1) is 12.2 Å². The van der Waals surface area contributed by atoms with Gasteiger partial charge in [-0.2, -0.15) is 0 Å². The second-order valence-electron chi connectivity index (χ2n) is 9.87. The highest BCUT2D eigenvalue weighted by molar-refractivity contribution is 6.04. The first-order valence-corrected chi connectivity index (χ1v) is 13.6. The lowest BCUT2D eigenvalue weighted by Crippen LogP contribution is -2.45. The fourth-order valence-corrected chi connectivity index (χ4v) is 4.31. The van der Waals surface area contributed by atoms with Crippen LogP contribution in [0.2, 0.25) is 0 Å². The summed E-state index contributed by atoms with van der Waals surface area (Å²) in [5.74, 6) is -1.55. The Kier molecular flexibility index (Phi) is 6.13. The van der Waals surface area contributed by atoms with E-state index in [0.717, 1.165) is 11.1 Å². The van der Waals surface area contributed by atoms with Crippen molar-refractivity contribution in [3.8, 4) is 11.3 Å². The van der Waals surface area contributed by atoms with Gasteiger partial charge < -0.3 is 19.5 Å². The molecule has 11 heteroatoms. The van der Waals surface area contributed by atoms with Crippen molar-refractivity contribution in [1.29, 1.82) is 0 Å². The zero-order valence-corrected chi connectivity index (χ0v) is 23.8. The van der Waals surface area contributed by atoms with Gasteiger partial charge in [0.15, 0.2) is 5.76 Å². The molecule has 0 saturated carbocycles. The number of benzene rings is 2. The Morgan fingerprint density at radius 3 is 2.43 bits per heavy atom. The van der Waals surface area contributed by atoms with Gasteiger partial charge in [0.25, 0.3) is 5.91 Å². The van der Waals surface area contributed by atoms with E-state index in [2.05, 4.69) is 25.6 Å². The van der Waals surface area contributed by atoms with E-state index in [1.54, 1.807) is 36.8 Å². The van der Waals surface area contributed by atoms with Crippen molar-refractivity contribution in [2.75, 3.05) is 36.6 Å². The maximum absolute atomic E-state index is 13.2. The maximum Gasteiger partial charge on any atom is 0.519 e. The molecule has 2 N–H and O–H groups in total. The number of pyridine rings is 1. The first-order chi connectivity index (χ1) is 24.4. The number of nitrogens with one attached hydrogen (secondary N) is 2. The number of amides is 1. The molecule has 0 spiro atoms. The molecule has 3 aromatic heterocycles. The molecule has 0 radical (unpaired) electrons. The van der Waals surface area contributed by atoms with Crippen molar-refractivity contribution in [3.63, 3.8) is 0 Å². The monoisotopic (exact) mass is 599 g/mol. The Hall–Kier alpha value is -5.13. The summed E-state index contributed by atoms with van der Waals surface area (Å²) in [7, 11) is 0. The molecule has 1 aliphatic heterocycles. The van der Waals surface area contributed by atoms with E-state index in [1.165, 1.54) is 31.2 Å². The van der Waals surface area contributed by atoms with Crippen LogP contribution in [0.3, 0.4) is 0 Å². The second-order valence-corrected chi connectivity index (χ2v) is 9.87. The predicted octanol–water partition coefficient (Wildman–Crippen LogP) is 5.02. The Bertz CT molecular complexity index is 2130. The van der Waals surface area contributed by atoms with Crippen molar-refractivity contribution in [3.05, 3.63) is 118 Å². The van der Waals surface area contributed by atoms with Crippen LogP contribution in [0.25, 0.3) is 11.3 Å². The summed E-state index contributed by atoms with van der Waals surface area (Å²) >= 11 is 0. The van der Waals surface area contributed by atoms with Crippen LogP contribution >= 0.6 is 0 Å². The largest absolute Gasteiger partial charge is 0.519 e. The molecule has 11 nitrogen and oxygen atoms in total. The average molecular weight is 600 g/mol. The number of piperazine rings is 1. The minimum absolute atomic E-state index is 0.0682. The van der Waals surface area contributed by atoms with E-state index in [9.17, 15) is 9.59 Å². The summed E-state index contributed by atoms with van der Waals surface area (Å²) in [5.41, 5.74) is 4.02. The van der Waals surface area contributed by atoms with Gasteiger partial charge in [-0.1, -0.05) is 18.2 Å². The highest BCUT2D eigenvalue weighted by atomic mass is 16.6. The Labute approximate surface area is 265 Å². The lowest BCUT2D eigenvalue weighted by atomic mass is 10.1. The Morgan fingerprint density at radius 1 is 0.955 bits per heavy atom. The zero-order chi connectivity index (χ0) is 37.6. The summed E-state index contributed by atoms with van der Waals surface area (Å²) in [6, 6.07) is 16.6. The van der Waals surface area contributed by atoms with E-state index < -0.39 is 50.8 Å².